The second-order valence-electron chi connectivity index (χ2n) is 8.12. The Balaban J connectivity index is 0.00000612. The van der Waals surface area contributed by atoms with Crippen molar-refractivity contribution in [3.63, 3.8) is 0 Å². The van der Waals surface area contributed by atoms with E-state index in [4.69, 9.17) is 41.7 Å². The predicted molar refractivity (Wildman–Crippen MR) is 144 cm³/mol. The van der Waals surface area contributed by atoms with Crippen molar-refractivity contribution in [2.24, 2.45) is 0 Å². The van der Waals surface area contributed by atoms with Gasteiger partial charge in [-0.2, -0.15) is 13.5 Å². The van der Waals surface area contributed by atoms with Gasteiger partial charge in [-0.15, -0.1) is 18.0 Å². The molecule has 6 nitrogen and oxygen atoms in total. The Morgan fingerprint density at radius 3 is 1.74 bits per heavy atom. The summed E-state index contributed by atoms with van der Waals surface area (Å²) >= 11 is 5.60. The van der Waals surface area contributed by atoms with Crippen LogP contribution in [-0.4, -0.2) is 69.9 Å². The lowest BCUT2D eigenvalue weighted by molar-refractivity contribution is 0.0142. The second kappa shape index (κ2) is 17.5. The maximum atomic E-state index is 9.53. The topological polar surface area (TPSA) is 66.4 Å². The highest BCUT2D eigenvalue weighted by Gasteiger charge is 2.23. The molecule has 1 N–H and O–H groups in total. The molecular weight excluding hydrogens is 488 g/mol. The van der Waals surface area contributed by atoms with Crippen LogP contribution in [0.2, 0.25) is 0 Å². The molecular formula is C27H37ClO6S. The predicted octanol–water partition coefficient (Wildman–Crippen LogP) is 4.17. The van der Waals surface area contributed by atoms with Crippen molar-refractivity contribution in [1.82, 2.24) is 0 Å². The van der Waals surface area contributed by atoms with Gasteiger partial charge in [0.15, 0.2) is 0 Å². The van der Waals surface area contributed by atoms with E-state index in [2.05, 4.69) is 31.9 Å². The van der Waals surface area contributed by atoms with E-state index in [9.17, 15) is 5.11 Å². The smallest absolute Gasteiger partial charge is 0.119 e. The Morgan fingerprint density at radius 1 is 0.800 bits per heavy atom. The molecule has 0 aromatic heterocycles. The summed E-state index contributed by atoms with van der Waals surface area (Å²) in [5.41, 5.74) is 2.14. The molecule has 0 heterocycles. The quantitative estimate of drug-likeness (QED) is 0.190. The molecule has 1 atom stereocenters. The third-order valence-electron chi connectivity index (χ3n) is 5.20. The lowest BCUT2D eigenvalue weighted by Crippen LogP contribution is -2.20. The molecule has 0 fully saturated rings. The number of aliphatic hydroxyl groups is 1. The van der Waals surface area contributed by atoms with Gasteiger partial charge in [0.05, 0.1) is 38.9 Å². The first-order chi connectivity index (χ1) is 16.5. The van der Waals surface area contributed by atoms with E-state index >= 15 is 0 Å². The van der Waals surface area contributed by atoms with Gasteiger partial charge < -0.3 is 28.8 Å². The van der Waals surface area contributed by atoms with Crippen LogP contribution in [0.3, 0.4) is 0 Å². The number of terminal acetylenes is 1. The highest BCUT2D eigenvalue weighted by Crippen LogP contribution is 2.33. The van der Waals surface area contributed by atoms with Crippen LogP contribution in [0.4, 0.5) is 0 Å². The molecule has 0 aliphatic carbocycles. The first-order valence-electron chi connectivity index (χ1n) is 11.3. The van der Waals surface area contributed by atoms with E-state index in [1.54, 1.807) is 0 Å². The zero-order valence-electron chi connectivity index (χ0n) is 20.5. The fraction of sp³-hybridized carbons (Fsp3) is 0.481. The zero-order chi connectivity index (χ0) is 24.7. The number of alkyl halides is 1. The van der Waals surface area contributed by atoms with Gasteiger partial charge in [0.1, 0.15) is 37.4 Å². The molecule has 194 valence electrons. The van der Waals surface area contributed by atoms with Crippen molar-refractivity contribution in [3.8, 4) is 23.8 Å². The number of aliphatic hydroxyl groups excluding tert-OH is 1. The maximum Gasteiger partial charge on any atom is 0.119 e. The molecule has 2 aromatic rings. The van der Waals surface area contributed by atoms with Crippen LogP contribution in [0.1, 0.15) is 25.0 Å². The Labute approximate surface area is 221 Å². The summed E-state index contributed by atoms with van der Waals surface area (Å²) in [6.07, 6.45) is 4.42. The zero-order valence-corrected chi connectivity index (χ0v) is 22.3. The molecule has 0 saturated heterocycles. The largest absolute Gasteiger partial charge is 0.491 e. The van der Waals surface area contributed by atoms with Crippen molar-refractivity contribution in [2.45, 2.75) is 25.4 Å². The van der Waals surface area contributed by atoms with Gasteiger partial charge in [0, 0.05) is 5.41 Å². The molecule has 0 spiro atoms. The molecule has 2 rings (SSSR count). The lowest BCUT2D eigenvalue weighted by atomic mass is 9.78. The van der Waals surface area contributed by atoms with Gasteiger partial charge in [-0.3, -0.25) is 0 Å². The van der Waals surface area contributed by atoms with Gasteiger partial charge in [-0.25, -0.2) is 0 Å². The van der Waals surface area contributed by atoms with Crippen LogP contribution in [0.5, 0.6) is 11.5 Å². The summed E-state index contributed by atoms with van der Waals surface area (Å²) in [6, 6.07) is 16.0. The number of ether oxygens (including phenoxy) is 5. The number of rotatable bonds is 17. The Bertz CT molecular complexity index is 851. The van der Waals surface area contributed by atoms with E-state index in [-0.39, 0.29) is 31.4 Å². The molecule has 35 heavy (non-hydrogen) atoms. The minimum Gasteiger partial charge on any atom is -0.491 e. The molecule has 0 saturated carbocycles. The molecule has 0 unspecified atom stereocenters. The second-order valence-corrected chi connectivity index (χ2v) is 8.43. The summed E-state index contributed by atoms with van der Waals surface area (Å²) in [5.74, 6) is 4.06. The van der Waals surface area contributed by atoms with Crippen LogP contribution >= 0.6 is 25.1 Å². The van der Waals surface area contributed by atoms with Crippen molar-refractivity contribution < 1.29 is 28.8 Å². The van der Waals surface area contributed by atoms with Gasteiger partial charge in [-0.05, 0) is 35.4 Å². The van der Waals surface area contributed by atoms with Gasteiger partial charge in [-0.1, -0.05) is 44.0 Å². The van der Waals surface area contributed by atoms with Crippen molar-refractivity contribution in [1.29, 1.82) is 0 Å². The van der Waals surface area contributed by atoms with E-state index in [1.807, 2.05) is 36.4 Å². The summed E-state index contributed by atoms with van der Waals surface area (Å²) in [4.78, 5) is 0. The normalized spacial score (nSPS) is 11.9. The average molecular weight is 525 g/mol. The molecule has 0 radical (unpaired) electrons. The number of hydrogen-bond acceptors (Lipinski definition) is 6. The standard InChI is InChI=1S/C27H35ClO6.H2S/c1-4-13-30-14-15-31-16-17-32-18-19-33-25-9-5-22(6-10-25)27(2,3)23-7-11-26(12-8-23)34-21-24(29)20-28;/h1,5-12,24,29H,13-21H2,2-3H3;1H2/t24-;/m1./s1. The molecule has 0 aliphatic heterocycles. The molecule has 0 bridgehead atoms. The average Bonchev–Trinajstić information content (AvgIpc) is 2.86. The fourth-order valence-electron chi connectivity index (χ4n) is 3.13. The number of benzene rings is 2. The number of hydrogen-bond donors (Lipinski definition) is 1. The van der Waals surface area contributed by atoms with Gasteiger partial charge in [0.25, 0.3) is 0 Å². The number of halogens is 1. The van der Waals surface area contributed by atoms with Crippen LogP contribution in [0.25, 0.3) is 0 Å². The first-order valence-corrected chi connectivity index (χ1v) is 11.9. The van der Waals surface area contributed by atoms with Crippen molar-refractivity contribution >= 4 is 25.1 Å². The highest BCUT2D eigenvalue weighted by molar-refractivity contribution is 7.59. The van der Waals surface area contributed by atoms with E-state index in [0.29, 0.717) is 52.0 Å². The lowest BCUT2D eigenvalue weighted by Gasteiger charge is -2.26. The van der Waals surface area contributed by atoms with Crippen LogP contribution in [0.15, 0.2) is 48.5 Å². The maximum absolute atomic E-state index is 9.53. The Hall–Kier alpha value is -1.92. The SMILES string of the molecule is C#CCOCCOCCOCCOc1ccc(C(C)(C)c2ccc(OC[C@H](O)CCl)cc2)cc1.S. The summed E-state index contributed by atoms with van der Waals surface area (Å²) < 4.78 is 27.3. The monoisotopic (exact) mass is 524 g/mol. The summed E-state index contributed by atoms with van der Waals surface area (Å²) in [7, 11) is 0. The van der Waals surface area contributed by atoms with Gasteiger partial charge >= 0.3 is 0 Å². The van der Waals surface area contributed by atoms with E-state index in [1.165, 1.54) is 5.56 Å². The first kappa shape index (κ1) is 31.1. The molecule has 2 aromatic carbocycles. The van der Waals surface area contributed by atoms with Crippen LogP contribution in [-0.2, 0) is 19.6 Å². The van der Waals surface area contributed by atoms with Gasteiger partial charge in [0.2, 0.25) is 0 Å². The molecule has 8 heteroatoms. The minimum atomic E-state index is -0.672. The molecule has 0 amide bonds. The third-order valence-corrected chi connectivity index (χ3v) is 5.55. The van der Waals surface area contributed by atoms with E-state index in [0.717, 1.165) is 11.3 Å². The Kier molecular flexibility index (Phi) is 15.6. The van der Waals surface area contributed by atoms with Crippen molar-refractivity contribution in [3.05, 3.63) is 59.7 Å². The fourth-order valence-corrected chi connectivity index (χ4v) is 3.22. The summed E-state index contributed by atoms with van der Waals surface area (Å²) in [5, 5.41) is 9.53. The Morgan fingerprint density at radius 2 is 1.26 bits per heavy atom. The van der Waals surface area contributed by atoms with E-state index < -0.39 is 6.10 Å². The van der Waals surface area contributed by atoms with Crippen LogP contribution in [0, 0.1) is 12.3 Å². The van der Waals surface area contributed by atoms with Crippen molar-refractivity contribution in [2.75, 3.05) is 58.7 Å². The van der Waals surface area contributed by atoms with Crippen LogP contribution < -0.4 is 9.47 Å². The molecule has 0 aliphatic rings. The third kappa shape index (κ3) is 11.6. The highest BCUT2D eigenvalue weighted by atomic mass is 35.5. The summed E-state index contributed by atoms with van der Waals surface area (Å²) in [6.45, 7) is 7.78. The minimum absolute atomic E-state index is 0.